The van der Waals surface area contributed by atoms with Crippen molar-refractivity contribution in [2.24, 2.45) is 5.73 Å². The normalized spacial score (nSPS) is 8.71. The van der Waals surface area contributed by atoms with Crippen LogP contribution in [-0.4, -0.2) is 21.1 Å². The van der Waals surface area contributed by atoms with Gasteiger partial charge in [0, 0.05) is 5.69 Å². The number of nitrogens with one attached hydrogen (secondary N) is 1. The summed E-state index contributed by atoms with van der Waals surface area (Å²) in [5.74, 6) is 0.323. The SMILES string of the molecule is Cc1n[nH]c(C)c1C(N)=[NH2+].O=[N+]([O-])[O-]. The Morgan fingerprint density at radius 3 is 2.14 bits per heavy atom. The lowest BCUT2D eigenvalue weighted by Gasteiger charge is -1.88. The van der Waals surface area contributed by atoms with Crippen molar-refractivity contribution >= 4 is 5.84 Å². The highest BCUT2D eigenvalue weighted by atomic mass is 16.9. The molecule has 0 fully saturated rings. The summed E-state index contributed by atoms with van der Waals surface area (Å²) < 4.78 is 0. The predicted octanol–water partition coefficient (Wildman–Crippen LogP) is -1.75. The maximum Gasteiger partial charge on any atom is 0.274 e. The molecule has 78 valence electrons. The van der Waals surface area contributed by atoms with Crippen molar-refractivity contribution in [3.63, 3.8) is 0 Å². The first-order valence-corrected chi connectivity index (χ1v) is 3.57. The number of hydrogen-bond acceptors (Lipinski definition) is 4. The summed E-state index contributed by atoms with van der Waals surface area (Å²) in [5.41, 5.74) is 7.99. The van der Waals surface area contributed by atoms with Crippen molar-refractivity contribution in [3.8, 4) is 0 Å². The summed E-state index contributed by atoms with van der Waals surface area (Å²) in [4.78, 5) is 8.25. The third-order valence-electron chi connectivity index (χ3n) is 1.42. The van der Waals surface area contributed by atoms with Crippen molar-refractivity contribution in [2.75, 3.05) is 0 Å². The van der Waals surface area contributed by atoms with Gasteiger partial charge in [-0.3, -0.25) is 16.2 Å². The van der Waals surface area contributed by atoms with Gasteiger partial charge in [0.25, 0.3) is 5.84 Å². The fourth-order valence-corrected chi connectivity index (χ4v) is 0.976. The lowest BCUT2D eigenvalue weighted by Crippen LogP contribution is -2.46. The van der Waals surface area contributed by atoms with Crippen LogP contribution in [0.4, 0.5) is 0 Å². The van der Waals surface area contributed by atoms with Crippen molar-refractivity contribution < 1.29 is 10.5 Å². The molecule has 0 bridgehead atoms. The maximum atomic E-state index is 8.25. The molecular weight excluding hydrogens is 190 g/mol. The third kappa shape index (κ3) is 3.52. The zero-order valence-corrected chi connectivity index (χ0v) is 7.77. The Morgan fingerprint density at radius 1 is 1.57 bits per heavy atom. The van der Waals surface area contributed by atoms with Gasteiger partial charge >= 0.3 is 0 Å². The van der Waals surface area contributed by atoms with Crippen LogP contribution < -0.4 is 11.1 Å². The van der Waals surface area contributed by atoms with Crippen LogP contribution in [0.5, 0.6) is 0 Å². The molecule has 14 heavy (non-hydrogen) atoms. The highest BCUT2D eigenvalue weighted by Gasteiger charge is 2.11. The highest BCUT2D eigenvalue weighted by molar-refractivity contribution is 5.94. The number of hydrogen-bond donors (Lipinski definition) is 3. The standard InChI is InChI=1S/C6H10N4.NO3/c1-3-5(6(7)8)4(2)10-9-3;2-1(3)4/h1-2H3,(H3,7,8)(H,9,10);/q;-1/p+1. The Kier molecular flexibility index (Phi) is 4.07. The minimum atomic E-state index is -1.75. The fraction of sp³-hybridized carbons (Fsp3) is 0.333. The highest BCUT2D eigenvalue weighted by Crippen LogP contribution is 2.05. The number of amidine groups is 1. The average Bonchev–Trinajstić information content (AvgIpc) is 2.29. The average molecular weight is 201 g/mol. The summed E-state index contributed by atoms with van der Waals surface area (Å²) in [6.45, 7) is 3.74. The van der Waals surface area contributed by atoms with Crippen molar-refractivity contribution in [2.45, 2.75) is 13.8 Å². The van der Waals surface area contributed by atoms with Crippen LogP contribution >= 0.6 is 0 Å². The van der Waals surface area contributed by atoms with Gasteiger partial charge in [-0.2, -0.15) is 5.10 Å². The van der Waals surface area contributed by atoms with Gasteiger partial charge in [0.2, 0.25) is 0 Å². The van der Waals surface area contributed by atoms with E-state index >= 15 is 0 Å². The number of nitrogens with zero attached hydrogens (tertiary/aromatic N) is 2. The van der Waals surface area contributed by atoms with Gasteiger partial charge in [-0.15, -0.1) is 0 Å². The molecule has 1 aromatic rings. The second-order valence-corrected chi connectivity index (χ2v) is 2.49. The molecule has 0 aliphatic carbocycles. The van der Waals surface area contributed by atoms with Gasteiger partial charge in [0.15, 0.2) is 0 Å². The van der Waals surface area contributed by atoms with E-state index in [1.54, 1.807) is 0 Å². The summed E-state index contributed by atoms with van der Waals surface area (Å²) in [7, 11) is 0. The molecule has 8 nitrogen and oxygen atoms in total. The van der Waals surface area contributed by atoms with Gasteiger partial charge < -0.3 is 15.3 Å². The van der Waals surface area contributed by atoms with Gasteiger partial charge in [-0.1, -0.05) is 0 Å². The Hall–Kier alpha value is -2.12. The molecule has 0 aromatic carbocycles. The summed E-state index contributed by atoms with van der Waals surface area (Å²) in [5, 5.41) is 26.9. The second-order valence-electron chi connectivity index (χ2n) is 2.49. The van der Waals surface area contributed by atoms with Crippen LogP contribution in [0, 0.1) is 29.2 Å². The molecule has 1 aromatic heterocycles. The molecule has 5 N–H and O–H groups in total. The largest absolute Gasteiger partial charge is 0.356 e. The Balaban J connectivity index is 0.000000364. The molecule has 1 heterocycles. The molecule has 0 saturated heterocycles. The van der Waals surface area contributed by atoms with Gasteiger partial charge in [-0.25, -0.2) is 0 Å². The second kappa shape index (κ2) is 4.80. The van der Waals surface area contributed by atoms with Crippen LogP contribution in [0.2, 0.25) is 0 Å². The maximum absolute atomic E-state index is 8.25. The van der Waals surface area contributed by atoms with E-state index in [9.17, 15) is 0 Å². The first kappa shape index (κ1) is 11.9. The first-order valence-electron chi connectivity index (χ1n) is 3.57. The molecule has 0 radical (unpaired) electrons. The molecule has 0 aliphatic heterocycles. The minimum absolute atomic E-state index is 0.323. The smallest absolute Gasteiger partial charge is 0.274 e. The lowest BCUT2D eigenvalue weighted by atomic mass is 10.2. The number of aromatic nitrogens is 2. The summed E-state index contributed by atoms with van der Waals surface area (Å²) >= 11 is 0. The zero-order valence-electron chi connectivity index (χ0n) is 7.77. The summed E-state index contributed by atoms with van der Waals surface area (Å²) in [6.07, 6.45) is 0. The minimum Gasteiger partial charge on any atom is -0.356 e. The van der Waals surface area contributed by atoms with E-state index < -0.39 is 5.09 Å². The Labute approximate surface area is 79.4 Å². The van der Waals surface area contributed by atoms with Gasteiger partial charge in [-0.05, 0) is 13.8 Å². The topological polar surface area (TPSA) is 146 Å². The monoisotopic (exact) mass is 201 g/mol. The Bertz CT molecular complexity index is 322. The Morgan fingerprint density at radius 2 is 2.00 bits per heavy atom. The molecular formula is C6H11N5O3. The number of aromatic amines is 1. The van der Waals surface area contributed by atoms with E-state index in [1.807, 2.05) is 13.8 Å². The van der Waals surface area contributed by atoms with Crippen molar-refractivity contribution in [1.82, 2.24) is 10.2 Å². The van der Waals surface area contributed by atoms with Crippen LogP contribution in [0.3, 0.4) is 0 Å². The molecule has 1 rings (SSSR count). The van der Waals surface area contributed by atoms with E-state index in [4.69, 9.17) is 26.5 Å². The lowest BCUT2D eigenvalue weighted by molar-refractivity contribution is -0.402. The van der Waals surface area contributed by atoms with Crippen molar-refractivity contribution in [3.05, 3.63) is 32.3 Å². The first-order chi connectivity index (χ1) is 6.36. The zero-order chi connectivity index (χ0) is 11.3. The quantitative estimate of drug-likeness (QED) is 0.213. The van der Waals surface area contributed by atoms with Gasteiger partial charge in [0.05, 0.1) is 10.8 Å². The van der Waals surface area contributed by atoms with Crippen LogP contribution in [0.1, 0.15) is 17.0 Å². The van der Waals surface area contributed by atoms with E-state index in [1.165, 1.54) is 0 Å². The van der Waals surface area contributed by atoms with Crippen LogP contribution in [0.25, 0.3) is 0 Å². The van der Waals surface area contributed by atoms with Crippen LogP contribution in [0.15, 0.2) is 0 Å². The molecule has 0 aliphatic rings. The van der Waals surface area contributed by atoms with Gasteiger partial charge in [0.1, 0.15) is 5.56 Å². The van der Waals surface area contributed by atoms with Crippen molar-refractivity contribution in [1.29, 1.82) is 0 Å². The molecule has 0 spiro atoms. The predicted molar refractivity (Wildman–Crippen MR) is 48.6 cm³/mol. The number of H-pyrrole nitrogens is 1. The van der Waals surface area contributed by atoms with Crippen LogP contribution in [-0.2, 0) is 0 Å². The molecule has 0 unspecified atom stereocenters. The van der Waals surface area contributed by atoms with E-state index in [0.29, 0.717) is 5.84 Å². The molecule has 0 saturated carbocycles. The third-order valence-corrected chi connectivity index (χ3v) is 1.42. The van der Waals surface area contributed by atoms with E-state index in [-0.39, 0.29) is 0 Å². The number of aryl methyl sites for hydroxylation is 2. The fourth-order valence-electron chi connectivity index (χ4n) is 0.976. The molecule has 0 amide bonds. The van der Waals surface area contributed by atoms with E-state index in [0.717, 1.165) is 17.0 Å². The molecule has 0 atom stereocenters. The number of nitrogens with two attached hydrogens (primary N) is 2. The summed E-state index contributed by atoms with van der Waals surface area (Å²) in [6, 6.07) is 0. The molecule has 8 heteroatoms. The van der Waals surface area contributed by atoms with E-state index in [2.05, 4.69) is 10.2 Å². The number of rotatable bonds is 1.